The van der Waals surface area contributed by atoms with Crippen LogP contribution in [-0.4, -0.2) is 21.0 Å². The van der Waals surface area contributed by atoms with Crippen LogP contribution < -0.4 is 5.73 Å². The number of fused-ring (bicyclic) bond motifs is 1. The normalized spacial score (nSPS) is 10.4. The van der Waals surface area contributed by atoms with Crippen molar-refractivity contribution in [1.29, 1.82) is 5.26 Å². The number of nitriles is 1. The Balaban J connectivity index is 2.27. The summed E-state index contributed by atoms with van der Waals surface area (Å²) in [5.41, 5.74) is 8.04. The fourth-order valence-corrected chi connectivity index (χ4v) is 2.19. The number of phenolic OH excluding ortho intramolecular Hbond substituents is 1. The average Bonchev–Trinajstić information content (AvgIpc) is 2.94. The largest absolute Gasteiger partial charge is 0.506 e. The molecule has 1 aromatic heterocycles. The predicted octanol–water partition coefficient (Wildman–Crippen LogP) is 1.91. The molecule has 3 aromatic rings. The number of H-pyrrole nitrogens is 1. The number of carbonyl (C=O) groups excluding carboxylic acids is 1. The summed E-state index contributed by atoms with van der Waals surface area (Å²) in [6.07, 6.45) is 1.56. The van der Waals surface area contributed by atoms with Gasteiger partial charge in [-0.3, -0.25) is 4.79 Å². The zero-order valence-electron chi connectivity index (χ0n) is 10.8. The molecule has 6 heteroatoms. The minimum Gasteiger partial charge on any atom is -0.506 e. The Bertz CT molecular complexity index is 906. The Morgan fingerprint density at radius 3 is 2.86 bits per heavy atom. The highest BCUT2D eigenvalue weighted by Crippen LogP contribution is 2.34. The number of imidazole rings is 1. The molecule has 6 nitrogen and oxygen atoms in total. The predicted molar refractivity (Wildman–Crippen MR) is 76.4 cm³/mol. The Hall–Kier alpha value is -3.33. The van der Waals surface area contributed by atoms with Crippen molar-refractivity contribution in [2.75, 3.05) is 0 Å². The number of primary amides is 1. The number of nitrogens with one attached hydrogen (secondary N) is 1. The van der Waals surface area contributed by atoms with Crippen LogP contribution in [-0.2, 0) is 0 Å². The van der Waals surface area contributed by atoms with Crippen LogP contribution in [0, 0.1) is 11.3 Å². The van der Waals surface area contributed by atoms with Gasteiger partial charge in [0, 0.05) is 11.1 Å². The molecule has 0 fully saturated rings. The van der Waals surface area contributed by atoms with E-state index >= 15 is 0 Å². The van der Waals surface area contributed by atoms with Crippen molar-refractivity contribution in [2.24, 2.45) is 5.73 Å². The number of nitrogens with zero attached hydrogens (tertiary/aromatic N) is 2. The van der Waals surface area contributed by atoms with Gasteiger partial charge >= 0.3 is 0 Å². The smallest absolute Gasteiger partial charge is 0.248 e. The van der Waals surface area contributed by atoms with Gasteiger partial charge in [0.25, 0.3) is 0 Å². The van der Waals surface area contributed by atoms with Gasteiger partial charge < -0.3 is 15.8 Å². The quantitative estimate of drug-likeness (QED) is 0.663. The van der Waals surface area contributed by atoms with E-state index in [1.165, 1.54) is 12.1 Å². The third-order valence-electron chi connectivity index (χ3n) is 3.25. The highest BCUT2D eigenvalue weighted by Gasteiger charge is 2.14. The molecule has 0 aliphatic rings. The summed E-state index contributed by atoms with van der Waals surface area (Å²) in [4.78, 5) is 18.4. The first-order chi connectivity index (χ1) is 10.1. The second kappa shape index (κ2) is 4.65. The van der Waals surface area contributed by atoms with E-state index in [1.54, 1.807) is 24.5 Å². The first-order valence-corrected chi connectivity index (χ1v) is 6.10. The van der Waals surface area contributed by atoms with Crippen molar-refractivity contribution in [3.05, 3.63) is 47.8 Å². The number of hydrogen-bond acceptors (Lipinski definition) is 4. The standard InChI is InChI=1S/C15H10N4O2/c16-6-10-3-9(15(17)21)4-11(14(10)20)8-1-2-12-13(5-8)19-7-18-12/h1-5,7,20H,(H2,17,21)(H,18,19). The van der Waals surface area contributed by atoms with Gasteiger partial charge in [0.1, 0.15) is 11.8 Å². The molecule has 0 aliphatic carbocycles. The summed E-state index contributed by atoms with van der Waals surface area (Å²) in [5, 5.41) is 19.2. The van der Waals surface area contributed by atoms with Crippen LogP contribution in [0.3, 0.4) is 0 Å². The molecule has 3 rings (SSSR count). The molecular weight excluding hydrogens is 268 g/mol. The molecule has 21 heavy (non-hydrogen) atoms. The Morgan fingerprint density at radius 1 is 1.33 bits per heavy atom. The molecule has 1 heterocycles. The van der Waals surface area contributed by atoms with Crippen LogP contribution in [0.5, 0.6) is 5.75 Å². The van der Waals surface area contributed by atoms with Crippen LogP contribution in [0.2, 0.25) is 0 Å². The number of amides is 1. The van der Waals surface area contributed by atoms with E-state index in [0.29, 0.717) is 11.1 Å². The number of nitrogens with two attached hydrogens (primary N) is 1. The fraction of sp³-hybridized carbons (Fsp3) is 0. The fourth-order valence-electron chi connectivity index (χ4n) is 2.19. The van der Waals surface area contributed by atoms with E-state index in [-0.39, 0.29) is 16.9 Å². The number of carbonyl (C=O) groups is 1. The Morgan fingerprint density at radius 2 is 2.14 bits per heavy atom. The minimum atomic E-state index is -0.657. The number of hydrogen-bond donors (Lipinski definition) is 3. The van der Waals surface area contributed by atoms with Crippen LogP contribution in [0.4, 0.5) is 0 Å². The molecule has 0 spiro atoms. The summed E-state index contributed by atoms with van der Waals surface area (Å²) in [6, 6.07) is 9.91. The molecule has 0 aliphatic heterocycles. The summed E-state index contributed by atoms with van der Waals surface area (Å²) < 4.78 is 0. The van der Waals surface area contributed by atoms with E-state index in [0.717, 1.165) is 11.0 Å². The number of rotatable bonds is 2. The molecule has 0 radical (unpaired) electrons. The molecule has 4 N–H and O–H groups in total. The molecule has 102 valence electrons. The lowest BCUT2D eigenvalue weighted by molar-refractivity contribution is 0.100. The summed E-state index contributed by atoms with van der Waals surface area (Å²) >= 11 is 0. The molecule has 0 atom stereocenters. The van der Waals surface area contributed by atoms with Crippen molar-refractivity contribution in [3.8, 4) is 22.9 Å². The maximum Gasteiger partial charge on any atom is 0.248 e. The third-order valence-corrected chi connectivity index (χ3v) is 3.25. The van der Waals surface area contributed by atoms with Crippen molar-refractivity contribution in [1.82, 2.24) is 9.97 Å². The van der Waals surface area contributed by atoms with Crippen LogP contribution in [0.1, 0.15) is 15.9 Å². The van der Waals surface area contributed by atoms with E-state index in [4.69, 9.17) is 11.0 Å². The number of aromatic amines is 1. The van der Waals surface area contributed by atoms with Crippen LogP contribution in [0.15, 0.2) is 36.7 Å². The summed E-state index contributed by atoms with van der Waals surface area (Å²) in [7, 11) is 0. The van der Waals surface area contributed by atoms with Crippen LogP contribution >= 0.6 is 0 Å². The zero-order valence-corrected chi connectivity index (χ0v) is 10.8. The summed E-state index contributed by atoms with van der Waals surface area (Å²) in [6.45, 7) is 0. The molecule has 0 bridgehead atoms. The number of benzene rings is 2. The van der Waals surface area contributed by atoms with E-state index in [9.17, 15) is 9.90 Å². The maximum atomic E-state index is 11.3. The van der Waals surface area contributed by atoms with Gasteiger partial charge in [-0.1, -0.05) is 6.07 Å². The molecule has 0 unspecified atom stereocenters. The molecule has 0 saturated heterocycles. The van der Waals surface area contributed by atoms with E-state index < -0.39 is 5.91 Å². The average molecular weight is 278 g/mol. The number of phenols is 1. The monoisotopic (exact) mass is 278 g/mol. The van der Waals surface area contributed by atoms with Crippen molar-refractivity contribution < 1.29 is 9.90 Å². The number of aromatic nitrogens is 2. The van der Waals surface area contributed by atoms with Crippen molar-refractivity contribution >= 4 is 16.9 Å². The van der Waals surface area contributed by atoms with Crippen LogP contribution in [0.25, 0.3) is 22.2 Å². The molecule has 0 saturated carbocycles. The Kier molecular flexibility index (Phi) is 2.81. The van der Waals surface area contributed by atoms with E-state index in [2.05, 4.69) is 9.97 Å². The topological polar surface area (TPSA) is 116 Å². The van der Waals surface area contributed by atoms with Gasteiger partial charge in [0.15, 0.2) is 0 Å². The lowest BCUT2D eigenvalue weighted by Crippen LogP contribution is -2.11. The molecule has 1 amide bonds. The third kappa shape index (κ3) is 2.07. The highest BCUT2D eigenvalue weighted by molar-refractivity contribution is 5.96. The highest BCUT2D eigenvalue weighted by atomic mass is 16.3. The van der Waals surface area contributed by atoms with Gasteiger partial charge in [-0.15, -0.1) is 0 Å². The molecular formula is C15H10N4O2. The van der Waals surface area contributed by atoms with Gasteiger partial charge in [0.2, 0.25) is 5.91 Å². The first kappa shape index (κ1) is 12.7. The lowest BCUT2D eigenvalue weighted by Gasteiger charge is -2.08. The lowest BCUT2D eigenvalue weighted by atomic mass is 9.98. The van der Waals surface area contributed by atoms with E-state index in [1.807, 2.05) is 6.07 Å². The van der Waals surface area contributed by atoms with Gasteiger partial charge in [-0.2, -0.15) is 5.26 Å². The van der Waals surface area contributed by atoms with Gasteiger partial charge in [-0.05, 0) is 29.8 Å². The van der Waals surface area contributed by atoms with Crippen molar-refractivity contribution in [3.63, 3.8) is 0 Å². The minimum absolute atomic E-state index is 0.00556. The number of aromatic hydroxyl groups is 1. The van der Waals surface area contributed by atoms with Gasteiger partial charge in [0.05, 0.1) is 22.9 Å². The second-order valence-electron chi connectivity index (χ2n) is 4.53. The van der Waals surface area contributed by atoms with Crippen molar-refractivity contribution in [2.45, 2.75) is 0 Å². The second-order valence-corrected chi connectivity index (χ2v) is 4.53. The molecule has 2 aromatic carbocycles. The SMILES string of the molecule is N#Cc1cc(C(N)=O)cc(-c2ccc3nc[nH]c3c2)c1O. The first-order valence-electron chi connectivity index (χ1n) is 6.10. The zero-order chi connectivity index (χ0) is 15.0. The van der Waals surface area contributed by atoms with Gasteiger partial charge in [-0.25, -0.2) is 4.98 Å². The summed E-state index contributed by atoms with van der Waals surface area (Å²) in [5.74, 6) is -0.836. The Labute approximate surface area is 119 Å². The maximum absolute atomic E-state index is 11.3.